The van der Waals surface area contributed by atoms with Crippen LogP contribution in [0.1, 0.15) is 23.8 Å². The molecule has 0 saturated heterocycles. The summed E-state index contributed by atoms with van der Waals surface area (Å²) in [6.07, 6.45) is 0.0958. The number of pyridine rings is 1. The molecular formula is C11H13N3O4. The van der Waals surface area contributed by atoms with Gasteiger partial charge in [0.25, 0.3) is 0 Å². The van der Waals surface area contributed by atoms with E-state index < -0.39 is 5.97 Å². The van der Waals surface area contributed by atoms with Gasteiger partial charge in [-0.25, -0.2) is 9.78 Å². The first-order valence-corrected chi connectivity index (χ1v) is 5.23. The minimum absolute atomic E-state index is 0.0958. The standard InChI is InChI=1S/C11H13N3O4/c1-7(15)12-6-5-10(16)14-9-4-2-3-8(13-9)11(17)18/h2-4H,5-6H2,1H3,(H,12,15)(H,17,18)(H,13,14,16). The summed E-state index contributed by atoms with van der Waals surface area (Å²) >= 11 is 0. The van der Waals surface area contributed by atoms with Crippen LogP contribution in [-0.2, 0) is 9.59 Å². The molecule has 0 aliphatic carbocycles. The zero-order valence-electron chi connectivity index (χ0n) is 9.77. The summed E-state index contributed by atoms with van der Waals surface area (Å²) in [5.74, 6) is -1.56. The average molecular weight is 251 g/mol. The van der Waals surface area contributed by atoms with Gasteiger partial charge in [0, 0.05) is 19.9 Å². The SMILES string of the molecule is CC(=O)NCCC(=O)Nc1cccc(C(=O)O)n1. The average Bonchev–Trinajstić information content (AvgIpc) is 2.28. The fourth-order valence-corrected chi connectivity index (χ4v) is 1.18. The molecule has 1 aromatic rings. The molecule has 1 aromatic heterocycles. The zero-order valence-corrected chi connectivity index (χ0v) is 9.77. The Morgan fingerprint density at radius 1 is 1.33 bits per heavy atom. The molecule has 0 aliphatic rings. The minimum Gasteiger partial charge on any atom is -0.477 e. The summed E-state index contributed by atoms with van der Waals surface area (Å²) in [7, 11) is 0. The van der Waals surface area contributed by atoms with Crippen molar-refractivity contribution in [2.24, 2.45) is 0 Å². The second-order valence-electron chi connectivity index (χ2n) is 3.49. The molecule has 0 spiro atoms. The highest BCUT2D eigenvalue weighted by molar-refractivity contribution is 5.91. The number of aromatic nitrogens is 1. The van der Waals surface area contributed by atoms with E-state index in [9.17, 15) is 14.4 Å². The molecule has 0 saturated carbocycles. The second kappa shape index (κ2) is 6.33. The van der Waals surface area contributed by atoms with Crippen molar-refractivity contribution < 1.29 is 19.5 Å². The number of rotatable bonds is 5. The van der Waals surface area contributed by atoms with Crippen molar-refractivity contribution in [3.8, 4) is 0 Å². The smallest absolute Gasteiger partial charge is 0.354 e. The summed E-state index contributed by atoms with van der Waals surface area (Å²) < 4.78 is 0. The van der Waals surface area contributed by atoms with Crippen molar-refractivity contribution in [2.45, 2.75) is 13.3 Å². The molecule has 0 aliphatic heterocycles. The molecule has 1 rings (SSSR count). The molecular weight excluding hydrogens is 238 g/mol. The van der Waals surface area contributed by atoms with Crippen LogP contribution >= 0.6 is 0 Å². The maximum atomic E-state index is 11.4. The molecule has 0 radical (unpaired) electrons. The van der Waals surface area contributed by atoms with Gasteiger partial charge in [0.2, 0.25) is 11.8 Å². The lowest BCUT2D eigenvalue weighted by atomic mass is 10.3. The van der Waals surface area contributed by atoms with Crippen molar-refractivity contribution in [1.82, 2.24) is 10.3 Å². The summed E-state index contributed by atoms with van der Waals surface area (Å²) in [5.41, 5.74) is -0.144. The summed E-state index contributed by atoms with van der Waals surface area (Å²) in [4.78, 5) is 36.4. The first-order chi connectivity index (χ1) is 8.49. The zero-order chi connectivity index (χ0) is 13.5. The number of carbonyl (C=O) groups excluding carboxylic acids is 2. The number of carboxylic acids is 1. The van der Waals surface area contributed by atoms with Crippen LogP contribution in [0.15, 0.2) is 18.2 Å². The van der Waals surface area contributed by atoms with Gasteiger partial charge in [-0.15, -0.1) is 0 Å². The number of nitrogens with zero attached hydrogens (tertiary/aromatic N) is 1. The molecule has 3 N–H and O–H groups in total. The van der Waals surface area contributed by atoms with Gasteiger partial charge < -0.3 is 15.7 Å². The number of aromatic carboxylic acids is 1. The monoisotopic (exact) mass is 251 g/mol. The van der Waals surface area contributed by atoms with E-state index >= 15 is 0 Å². The van der Waals surface area contributed by atoms with E-state index in [0.717, 1.165) is 0 Å². The fraction of sp³-hybridized carbons (Fsp3) is 0.273. The Labute approximate surface area is 103 Å². The van der Waals surface area contributed by atoms with E-state index in [1.807, 2.05) is 0 Å². The van der Waals surface area contributed by atoms with Crippen molar-refractivity contribution in [3.63, 3.8) is 0 Å². The number of anilines is 1. The normalized spacial score (nSPS) is 9.61. The Balaban J connectivity index is 2.51. The van der Waals surface area contributed by atoms with Gasteiger partial charge in [-0.3, -0.25) is 9.59 Å². The Hall–Kier alpha value is -2.44. The van der Waals surface area contributed by atoms with Gasteiger partial charge >= 0.3 is 5.97 Å². The van der Waals surface area contributed by atoms with Crippen LogP contribution in [0, 0.1) is 0 Å². The maximum Gasteiger partial charge on any atom is 0.354 e. The molecule has 7 heteroatoms. The van der Waals surface area contributed by atoms with Gasteiger partial charge in [-0.2, -0.15) is 0 Å². The summed E-state index contributed by atoms with van der Waals surface area (Å²) in [6, 6.07) is 4.30. The third-order valence-electron chi connectivity index (χ3n) is 1.96. The molecule has 96 valence electrons. The summed E-state index contributed by atoms with van der Waals surface area (Å²) in [6.45, 7) is 1.58. The largest absolute Gasteiger partial charge is 0.477 e. The van der Waals surface area contributed by atoms with Crippen molar-refractivity contribution in [3.05, 3.63) is 23.9 Å². The van der Waals surface area contributed by atoms with Gasteiger partial charge in [-0.05, 0) is 12.1 Å². The number of nitrogens with one attached hydrogen (secondary N) is 2. The Morgan fingerprint density at radius 3 is 2.67 bits per heavy atom. The lowest BCUT2D eigenvalue weighted by Crippen LogP contribution is -2.25. The van der Waals surface area contributed by atoms with Gasteiger partial charge in [-0.1, -0.05) is 6.07 Å². The predicted molar refractivity (Wildman–Crippen MR) is 63.1 cm³/mol. The maximum absolute atomic E-state index is 11.4. The fourth-order valence-electron chi connectivity index (χ4n) is 1.18. The van der Waals surface area contributed by atoms with Crippen LogP contribution in [0.5, 0.6) is 0 Å². The predicted octanol–water partition coefficient (Wildman–Crippen LogP) is 0.244. The van der Waals surface area contributed by atoms with E-state index in [-0.39, 0.29) is 36.3 Å². The second-order valence-corrected chi connectivity index (χ2v) is 3.49. The molecule has 0 unspecified atom stereocenters. The third kappa shape index (κ3) is 4.60. The minimum atomic E-state index is -1.16. The van der Waals surface area contributed by atoms with Crippen molar-refractivity contribution in [2.75, 3.05) is 11.9 Å². The Bertz CT molecular complexity index is 473. The van der Waals surface area contributed by atoms with E-state index in [4.69, 9.17) is 5.11 Å². The highest BCUT2D eigenvalue weighted by Crippen LogP contribution is 2.05. The van der Waals surface area contributed by atoms with Crippen LogP contribution in [0.4, 0.5) is 5.82 Å². The molecule has 2 amide bonds. The summed E-state index contributed by atoms with van der Waals surface area (Å²) in [5, 5.41) is 13.6. The van der Waals surface area contributed by atoms with Crippen molar-refractivity contribution >= 4 is 23.6 Å². The molecule has 0 bridgehead atoms. The molecule has 0 atom stereocenters. The topological polar surface area (TPSA) is 108 Å². The van der Waals surface area contributed by atoms with E-state index in [1.165, 1.54) is 25.1 Å². The van der Waals surface area contributed by atoms with Crippen molar-refractivity contribution in [1.29, 1.82) is 0 Å². The number of carboxylic acid groups (broad SMARTS) is 1. The van der Waals surface area contributed by atoms with Crippen LogP contribution in [0.25, 0.3) is 0 Å². The molecule has 1 heterocycles. The molecule has 18 heavy (non-hydrogen) atoms. The number of carbonyl (C=O) groups is 3. The number of hydrogen-bond donors (Lipinski definition) is 3. The highest BCUT2D eigenvalue weighted by atomic mass is 16.4. The lowest BCUT2D eigenvalue weighted by Gasteiger charge is -2.05. The van der Waals surface area contributed by atoms with Gasteiger partial charge in [0.05, 0.1) is 0 Å². The number of hydrogen-bond acceptors (Lipinski definition) is 4. The number of amides is 2. The first kappa shape index (κ1) is 13.6. The highest BCUT2D eigenvalue weighted by Gasteiger charge is 2.07. The van der Waals surface area contributed by atoms with E-state index in [0.29, 0.717) is 0 Å². The van der Waals surface area contributed by atoms with E-state index in [1.54, 1.807) is 0 Å². The van der Waals surface area contributed by atoms with Gasteiger partial charge in [0.15, 0.2) is 5.69 Å². The quantitative estimate of drug-likeness (QED) is 0.694. The van der Waals surface area contributed by atoms with E-state index in [2.05, 4.69) is 15.6 Å². The molecule has 0 aromatic carbocycles. The van der Waals surface area contributed by atoms with Gasteiger partial charge in [0.1, 0.15) is 5.82 Å². The van der Waals surface area contributed by atoms with Crippen LogP contribution < -0.4 is 10.6 Å². The Morgan fingerprint density at radius 2 is 2.06 bits per heavy atom. The first-order valence-electron chi connectivity index (χ1n) is 5.23. The molecule has 7 nitrogen and oxygen atoms in total. The third-order valence-corrected chi connectivity index (χ3v) is 1.96. The molecule has 0 fully saturated rings. The van der Waals surface area contributed by atoms with Crippen LogP contribution in [-0.4, -0.2) is 34.4 Å². The van der Waals surface area contributed by atoms with Crippen LogP contribution in [0.2, 0.25) is 0 Å². The lowest BCUT2D eigenvalue weighted by molar-refractivity contribution is -0.119. The Kier molecular flexibility index (Phi) is 4.79. The van der Waals surface area contributed by atoms with Crippen LogP contribution in [0.3, 0.4) is 0 Å².